The van der Waals surface area contributed by atoms with Crippen LogP contribution in [-0.4, -0.2) is 56.1 Å². The van der Waals surface area contributed by atoms with Crippen LogP contribution in [0.5, 0.6) is 0 Å². The third-order valence-electron chi connectivity index (χ3n) is 5.61. The maximum absolute atomic E-state index is 12.1. The molecule has 9 heteroatoms. The van der Waals surface area contributed by atoms with E-state index in [-0.39, 0.29) is 23.9 Å². The average Bonchev–Trinajstić information content (AvgIpc) is 3.58. The molecule has 0 radical (unpaired) electrons. The molecule has 0 aromatic heterocycles. The van der Waals surface area contributed by atoms with Gasteiger partial charge in [0.15, 0.2) is 0 Å². The standard InChI is InChI=1S/C26H22N4O5/c27-13-20(25(31)32)11-18-1-5-22(6-2-18)29-9-10-30(17-29)23-7-3-19(4-8-23)12-21(14-28)26(33)35-16-24-15-34-24/h1-8,11-12,24H,9-10,15-17H2,(H,31,32)/b20-11+,21-12+. The number of carbonyl (C=O) groups is 2. The maximum Gasteiger partial charge on any atom is 0.348 e. The van der Waals surface area contributed by atoms with Gasteiger partial charge in [-0.05, 0) is 47.5 Å². The van der Waals surface area contributed by atoms with Crippen molar-refractivity contribution in [3.8, 4) is 12.1 Å². The van der Waals surface area contributed by atoms with Gasteiger partial charge < -0.3 is 24.4 Å². The number of hydrogen-bond donors (Lipinski definition) is 1. The second-order valence-electron chi connectivity index (χ2n) is 8.05. The second kappa shape index (κ2) is 10.6. The summed E-state index contributed by atoms with van der Waals surface area (Å²) in [7, 11) is 0. The number of rotatable bonds is 8. The Hall–Kier alpha value is -4.60. The van der Waals surface area contributed by atoms with E-state index >= 15 is 0 Å². The van der Waals surface area contributed by atoms with Gasteiger partial charge in [-0.25, -0.2) is 9.59 Å². The molecule has 0 aliphatic carbocycles. The summed E-state index contributed by atoms with van der Waals surface area (Å²) in [6.45, 7) is 3.03. The molecule has 1 atom stereocenters. The number of aliphatic carboxylic acids is 1. The van der Waals surface area contributed by atoms with E-state index in [4.69, 9.17) is 19.8 Å². The largest absolute Gasteiger partial charge is 0.477 e. The number of nitriles is 2. The summed E-state index contributed by atoms with van der Waals surface area (Å²) in [4.78, 5) is 27.5. The molecule has 1 N–H and O–H groups in total. The van der Waals surface area contributed by atoms with Gasteiger partial charge in [0.05, 0.1) is 13.3 Å². The number of hydrogen-bond acceptors (Lipinski definition) is 8. The van der Waals surface area contributed by atoms with Gasteiger partial charge in [0.25, 0.3) is 0 Å². The Morgan fingerprint density at radius 1 is 0.943 bits per heavy atom. The van der Waals surface area contributed by atoms with E-state index in [9.17, 15) is 14.9 Å². The van der Waals surface area contributed by atoms with E-state index in [1.165, 1.54) is 12.2 Å². The molecule has 2 aliphatic rings. The zero-order valence-corrected chi connectivity index (χ0v) is 18.8. The molecule has 2 saturated heterocycles. The van der Waals surface area contributed by atoms with Gasteiger partial charge in [0, 0.05) is 24.5 Å². The molecule has 35 heavy (non-hydrogen) atoms. The number of epoxide rings is 1. The first-order valence-electron chi connectivity index (χ1n) is 10.9. The molecule has 2 aliphatic heterocycles. The van der Waals surface area contributed by atoms with Crippen LogP contribution in [0.4, 0.5) is 11.4 Å². The normalized spacial score (nSPS) is 17.5. The fourth-order valence-electron chi connectivity index (χ4n) is 3.60. The average molecular weight is 470 g/mol. The monoisotopic (exact) mass is 470 g/mol. The summed E-state index contributed by atoms with van der Waals surface area (Å²) in [6, 6.07) is 18.5. The van der Waals surface area contributed by atoms with Crippen LogP contribution >= 0.6 is 0 Å². The molecular weight excluding hydrogens is 448 g/mol. The zero-order chi connectivity index (χ0) is 24.8. The SMILES string of the molecule is N#C/C(=C\c1ccc(N2CCN(c3ccc(/C=C(\C#N)C(=O)OCC4CO4)cc3)C2)cc1)C(=O)O. The second-order valence-corrected chi connectivity index (χ2v) is 8.05. The number of nitrogens with zero attached hydrogens (tertiary/aromatic N) is 4. The molecule has 0 spiro atoms. The highest BCUT2D eigenvalue weighted by Gasteiger charge is 2.25. The summed E-state index contributed by atoms with van der Waals surface area (Å²) in [5.41, 5.74) is 3.00. The Bertz CT molecular complexity index is 1250. The molecule has 0 bridgehead atoms. The van der Waals surface area contributed by atoms with Crippen molar-refractivity contribution in [2.75, 3.05) is 42.8 Å². The van der Waals surface area contributed by atoms with E-state index in [2.05, 4.69) is 9.80 Å². The number of carboxylic acid groups (broad SMARTS) is 1. The van der Waals surface area contributed by atoms with Crippen LogP contribution in [0.2, 0.25) is 0 Å². The topological polar surface area (TPSA) is 130 Å². The Labute approximate surface area is 202 Å². The van der Waals surface area contributed by atoms with E-state index in [1.54, 1.807) is 18.2 Å². The lowest BCUT2D eigenvalue weighted by molar-refractivity contribution is -0.139. The Morgan fingerprint density at radius 2 is 1.43 bits per heavy atom. The lowest BCUT2D eigenvalue weighted by atomic mass is 10.1. The molecule has 1 unspecified atom stereocenters. The van der Waals surface area contributed by atoms with Crippen LogP contribution in [0.3, 0.4) is 0 Å². The van der Waals surface area contributed by atoms with Crippen LogP contribution in [0.25, 0.3) is 12.2 Å². The number of carboxylic acids is 1. The molecule has 176 valence electrons. The van der Waals surface area contributed by atoms with Crippen molar-refractivity contribution in [1.29, 1.82) is 10.5 Å². The number of carbonyl (C=O) groups excluding carboxylic acids is 1. The van der Waals surface area contributed by atoms with Gasteiger partial charge in [0.2, 0.25) is 0 Å². The summed E-state index contributed by atoms with van der Waals surface area (Å²) in [5, 5.41) is 27.2. The lowest BCUT2D eigenvalue weighted by Gasteiger charge is -2.21. The van der Waals surface area contributed by atoms with E-state index < -0.39 is 11.9 Å². The van der Waals surface area contributed by atoms with Crippen molar-refractivity contribution in [2.24, 2.45) is 0 Å². The lowest BCUT2D eigenvalue weighted by Crippen LogP contribution is -2.24. The summed E-state index contributed by atoms with van der Waals surface area (Å²) >= 11 is 0. The van der Waals surface area contributed by atoms with Gasteiger partial charge in [-0.1, -0.05) is 24.3 Å². The molecule has 9 nitrogen and oxygen atoms in total. The molecule has 0 saturated carbocycles. The molecule has 2 aromatic carbocycles. The number of benzene rings is 2. The third-order valence-corrected chi connectivity index (χ3v) is 5.61. The summed E-state index contributed by atoms with van der Waals surface area (Å²) in [6.07, 6.45) is 2.80. The van der Waals surface area contributed by atoms with E-state index in [0.717, 1.165) is 30.0 Å². The maximum atomic E-state index is 12.1. The first-order valence-corrected chi connectivity index (χ1v) is 10.9. The number of ether oxygens (including phenoxy) is 2. The molecule has 0 amide bonds. The van der Waals surface area contributed by atoms with E-state index in [1.807, 2.05) is 42.5 Å². The van der Waals surface area contributed by atoms with E-state index in [0.29, 0.717) is 18.8 Å². The van der Waals surface area contributed by atoms with Gasteiger partial charge in [0.1, 0.15) is 36.0 Å². The smallest absolute Gasteiger partial charge is 0.348 e. The predicted octanol–water partition coefficient (Wildman–Crippen LogP) is 2.81. The van der Waals surface area contributed by atoms with Crippen LogP contribution in [0, 0.1) is 22.7 Å². The van der Waals surface area contributed by atoms with Crippen molar-refractivity contribution < 1.29 is 24.2 Å². The Kier molecular flexibility index (Phi) is 7.10. The predicted molar refractivity (Wildman–Crippen MR) is 128 cm³/mol. The van der Waals surface area contributed by atoms with Crippen molar-refractivity contribution in [3.63, 3.8) is 0 Å². The van der Waals surface area contributed by atoms with Gasteiger partial charge >= 0.3 is 11.9 Å². The quantitative estimate of drug-likeness (QED) is 0.268. The fourth-order valence-corrected chi connectivity index (χ4v) is 3.60. The summed E-state index contributed by atoms with van der Waals surface area (Å²) < 4.78 is 10.1. The van der Waals surface area contributed by atoms with Crippen LogP contribution in [-0.2, 0) is 19.1 Å². The number of esters is 1. The molecule has 4 rings (SSSR count). The first kappa shape index (κ1) is 23.6. The molecule has 2 aromatic rings. The van der Waals surface area contributed by atoms with Crippen molar-refractivity contribution in [3.05, 3.63) is 70.8 Å². The Balaban J connectivity index is 1.37. The zero-order valence-electron chi connectivity index (χ0n) is 18.8. The minimum Gasteiger partial charge on any atom is -0.477 e. The van der Waals surface area contributed by atoms with Crippen molar-refractivity contribution in [1.82, 2.24) is 0 Å². The van der Waals surface area contributed by atoms with Crippen LogP contribution in [0.15, 0.2) is 59.7 Å². The molecule has 2 fully saturated rings. The summed E-state index contributed by atoms with van der Waals surface area (Å²) in [5.74, 6) is -1.91. The van der Waals surface area contributed by atoms with Crippen molar-refractivity contribution in [2.45, 2.75) is 6.10 Å². The van der Waals surface area contributed by atoms with Gasteiger partial charge in [-0.3, -0.25) is 0 Å². The number of anilines is 2. The van der Waals surface area contributed by atoms with Gasteiger partial charge in [-0.2, -0.15) is 10.5 Å². The third kappa shape index (κ3) is 6.05. The molecule has 2 heterocycles. The first-order chi connectivity index (χ1) is 17.0. The minimum absolute atomic E-state index is 0.0543. The van der Waals surface area contributed by atoms with Crippen molar-refractivity contribution >= 4 is 35.5 Å². The highest BCUT2D eigenvalue weighted by molar-refractivity contribution is 5.98. The molecular formula is C26H22N4O5. The fraction of sp³-hybridized carbons (Fsp3) is 0.231. The van der Waals surface area contributed by atoms with Crippen LogP contribution in [0.1, 0.15) is 11.1 Å². The highest BCUT2D eigenvalue weighted by Crippen LogP contribution is 2.25. The van der Waals surface area contributed by atoms with Gasteiger partial charge in [-0.15, -0.1) is 0 Å². The van der Waals surface area contributed by atoms with Crippen LogP contribution < -0.4 is 9.80 Å². The highest BCUT2D eigenvalue weighted by atomic mass is 16.6. The Morgan fingerprint density at radius 3 is 1.86 bits per heavy atom. The minimum atomic E-state index is -1.25.